The maximum Gasteiger partial charge on any atom is 0.0568 e. The molecule has 0 aliphatic heterocycles. The molecular weight excluding hydrogens is 364 g/mol. The van der Waals surface area contributed by atoms with Gasteiger partial charge in [-0.05, 0) is 115 Å². The minimum Gasteiger partial charge on any atom is -0.393 e. The molecule has 0 amide bonds. The molecule has 11 atom stereocenters. The highest BCUT2D eigenvalue weighted by molar-refractivity contribution is 5.12. The van der Waals surface area contributed by atoms with Gasteiger partial charge in [0.1, 0.15) is 0 Å². The zero-order chi connectivity index (χ0) is 21.8. The van der Waals surface area contributed by atoms with Crippen LogP contribution in [0.3, 0.4) is 0 Å². The fraction of sp³-hybridized carbons (Fsp3) is 0.931. The van der Waals surface area contributed by atoms with Crippen molar-refractivity contribution < 1.29 is 5.11 Å². The van der Waals surface area contributed by atoms with Gasteiger partial charge in [0.25, 0.3) is 0 Å². The third-order valence-electron chi connectivity index (χ3n) is 11.6. The van der Waals surface area contributed by atoms with E-state index in [1.165, 1.54) is 44.9 Å². The fourth-order valence-electron chi connectivity index (χ4n) is 9.32. The smallest absolute Gasteiger partial charge is 0.0568 e. The number of aliphatic hydroxyl groups excluding tert-OH is 1. The lowest BCUT2D eigenvalue weighted by atomic mass is 9.43. The Labute approximate surface area is 187 Å². The van der Waals surface area contributed by atoms with Crippen molar-refractivity contribution in [3.63, 3.8) is 0 Å². The van der Waals surface area contributed by atoms with Gasteiger partial charge >= 0.3 is 0 Å². The highest BCUT2D eigenvalue weighted by Gasteiger charge is 2.61. The minimum absolute atomic E-state index is 0.0507. The number of hydrogen-bond acceptors (Lipinski definition) is 1. The molecule has 1 heteroatoms. The predicted octanol–water partition coefficient (Wildman–Crippen LogP) is 7.74. The zero-order valence-corrected chi connectivity index (χ0v) is 21.0. The summed E-state index contributed by atoms with van der Waals surface area (Å²) in [6, 6.07) is 0. The highest BCUT2D eigenvalue weighted by Crippen LogP contribution is 2.68. The molecule has 30 heavy (non-hydrogen) atoms. The monoisotopic (exact) mass is 414 g/mol. The Morgan fingerprint density at radius 1 is 0.767 bits per heavy atom. The zero-order valence-electron chi connectivity index (χ0n) is 21.0. The SMILES string of the molecule is CC(C)[C@@H](C)C=C[C@@H](C)[C@H]1CC[C@H]2[C@@H]3CC[C@H]4[C@H](C)[C@@H](O)CC[C@]4(C)[C@H]3CC[C@]12C. The van der Waals surface area contributed by atoms with Gasteiger partial charge in [-0.15, -0.1) is 0 Å². The summed E-state index contributed by atoms with van der Waals surface area (Å²) in [5, 5.41) is 10.5. The van der Waals surface area contributed by atoms with E-state index in [0.717, 1.165) is 47.8 Å². The molecule has 4 saturated carbocycles. The summed E-state index contributed by atoms with van der Waals surface area (Å²) in [4.78, 5) is 0. The van der Waals surface area contributed by atoms with Crippen molar-refractivity contribution in [2.45, 2.75) is 106 Å². The number of fused-ring (bicyclic) bond motifs is 5. The van der Waals surface area contributed by atoms with E-state index in [2.05, 4.69) is 60.6 Å². The Kier molecular flexibility index (Phi) is 6.28. The quantitative estimate of drug-likeness (QED) is 0.466. The number of aliphatic hydroxyl groups is 1. The van der Waals surface area contributed by atoms with Gasteiger partial charge in [-0.2, -0.15) is 0 Å². The standard InChI is InChI=1S/C29H50O/c1-18(2)19(3)8-9-20(4)23-12-13-25-22-10-11-24-21(5)27(30)15-17-29(24,7)26(22)14-16-28(23,25)6/h8-9,18-27,30H,10-17H2,1-7H3/t19-,20+,21-,22-,23+,24-,25-,26-,27-,28+,29-/m0/s1. The van der Waals surface area contributed by atoms with Crippen molar-refractivity contribution in [3.8, 4) is 0 Å². The van der Waals surface area contributed by atoms with E-state index < -0.39 is 0 Å². The Bertz CT molecular complexity index is 636. The minimum atomic E-state index is -0.0507. The van der Waals surface area contributed by atoms with Crippen LogP contribution in [0.1, 0.15) is 99.8 Å². The van der Waals surface area contributed by atoms with E-state index in [9.17, 15) is 5.11 Å². The fourth-order valence-corrected chi connectivity index (χ4v) is 9.32. The molecule has 0 spiro atoms. The second-order valence-electron chi connectivity index (χ2n) is 13.1. The van der Waals surface area contributed by atoms with Crippen molar-refractivity contribution in [1.82, 2.24) is 0 Å². The molecular formula is C29H50O. The van der Waals surface area contributed by atoms with Crippen LogP contribution in [0.25, 0.3) is 0 Å². The van der Waals surface area contributed by atoms with E-state index in [1.807, 2.05) is 0 Å². The number of allylic oxidation sites excluding steroid dienone is 2. The van der Waals surface area contributed by atoms with Crippen LogP contribution in [-0.2, 0) is 0 Å². The normalized spacial score (nSPS) is 50.8. The number of hydrogen-bond donors (Lipinski definition) is 1. The van der Waals surface area contributed by atoms with Gasteiger partial charge in [0.15, 0.2) is 0 Å². The van der Waals surface area contributed by atoms with Gasteiger partial charge in [0.05, 0.1) is 6.10 Å². The lowest BCUT2D eigenvalue weighted by Gasteiger charge is -2.62. The molecule has 4 aliphatic carbocycles. The van der Waals surface area contributed by atoms with E-state index in [0.29, 0.717) is 22.7 Å². The summed E-state index contributed by atoms with van der Waals surface area (Å²) in [6.07, 6.45) is 16.0. The number of rotatable bonds is 4. The van der Waals surface area contributed by atoms with Crippen molar-refractivity contribution in [2.24, 2.45) is 64.1 Å². The van der Waals surface area contributed by atoms with Crippen LogP contribution in [0.4, 0.5) is 0 Å². The Balaban J connectivity index is 1.51. The van der Waals surface area contributed by atoms with Crippen LogP contribution >= 0.6 is 0 Å². The maximum absolute atomic E-state index is 10.5. The van der Waals surface area contributed by atoms with Crippen LogP contribution < -0.4 is 0 Å². The van der Waals surface area contributed by atoms with Crippen molar-refractivity contribution in [1.29, 1.82) is 0 Å². The summed E-state index contributed by atoms with van der Waals surface area (Å²) >= 11 is 0. The molecule has 0 aromatic carbocycles. The molecule has 0 radical (unpaired) electrons. The lowest BCUT2D eigenvalue weighted by molar-refractivity contribution is -0.148. The maximum atomic E-state index is 10.5. The molecule has 1 nitrogen and oxygen atoms in total. The van der Waals surface area contributed by atoms with Gasteiger partial charge in [-0.1, -0.05) is 60.6 Å². The van der Waals surface area contributed by atoms with Crippen LogP contribution in [0.5, 0.6) is 0 Å². The topological polar surface area (TPSA) is 20.2 Å². The average molecular weight is 415 g/mol. The van der Waals surface area contributed by atoms with Crippen molar-refractivity contribution in [2.75, 3.05) is 0 Å². The molecule has 4 fully saturated rings. The first-order valence-corrected chi connectivity index (χ1v) is 13.5. The summed E-state index contributed by atoms with van der Waals surface area (Å²) in [6.45, 7) is 17.2. The Morgan fingerprint density at radius 2 is 1.40 bits per heavy atom. The molecule has 0 aromatic rings. The van der Waals surface area contributed by atoms with Gasteiger partial charge < -0.3 is 5.11 Å². The second-order valence-corrected chi connectivity index (χ2v) is 13.1. The van der Waals surface area contributed by atoms with Gasteiger partial charge in [-0.3, -0.25) is 0 Å². The van der Waals surface area contributed by atoms with Crippen LogP contribution in [0.2, 0.25) is 0 Å². The molecule has 0 saturated heterocycles. The predicted molar refractivity (Wildman–Crippen MR) is 128 cm³/mol. The van der Waals surface area contributed by atoms with Crippen molar-refractivity contribution >= 4 is 0 Å². The third-order valence-corrected chi connectivity index (χ3v) is 11.6. The van der Waals surface area contributed by atoms with E-state index in [4.69, 9.17) is 0 Å². The van der Waals surface area contributed by atoms with Gasteiger partial charge in [0.2, 0.25) is 0 Å². The summed E-state index contributed by atoms with van der Waals surface area (Å²) < 4.78 is 0. The summed E-state index contributed by atoms with van der Waals surface area (Å²) in [5.41, 5.74) is 1.04. The molecule has 0 aromatic heterocycles. The highest BCUT2D eigenvalue weighted by atomic mass is 16.3. The largest absolute Gasteiger partial charge is 0.393 e. The molecule has 4 rings (SSSR count). The molecule has 172 valence electrons. The third kappa shape index (κ3) is 3.54. The molecule has 0 bridgehead atoms. The summed E-state index contributed by atoms with van der Waals surface area (Å²) in [5.74, 6) is 7.07. The van der Waals surface area contributed by atoms with Crippen LogP contribution in [0, 0.1) is 64.1 Å². The molecule has 0 unspecified atom stereocenters. The second kappa shape index (κ2) is 8.24. The van der Waals surface area contributed by atoms with Crippen LogP contribution in [-0.4, -0.2) is 11.2 Å². The molecule has 4 aliphatic rings. The van der Waals surface area contributed by atoms with Crippen LogP contribution in [0.15, 0.2) is 12.2 Å². The molecule has 0 heterocycles. The molecule has 1 N–H and O–H groups in total. The van der Waals surface area contributed by atoms with E-state index in [-0.39, 0.29) is 6.10 Å². The Morgan fingerprint density at radius 3 is 2.10 bits per heavy atom. The first-order valence-electron chi connectivity index (χ1n) is 13.5. The van der Waals surface area contributed by atoms with E-state index in [1.54, 1.807) is 0 Å². The van der Waals surface area contributed by atoms with Gasteiger partial charge in [-0.25, -0.2) is 0 Å². The first-order chi connectivity index (χ1) is 14.1. The van der Waals surface area contributed by atoms with E-state index >= 15 is 0 Å². The first kappa shape index (κ1) is 22.9. The average Bonchev–Trinajstić information content (AvgIpc) is 3.06. The van der Waals surface area contributed by atoms with Crippen molar-refractivity contribution in [3.05, 3.63) is 12.2 Å². The van der Waals surface area contributed by atoms with Gasteiger partial charge in [0, 0.05) is 0 Å². The Hall–Kier alpha value is -0.300. The summed E-state index contributed by atoms with van der Waals surface area (Å²) in [7, 11) is 0. The lowest BCUT2D eigenvalue weighted by Crippen LogP contribution is -2.56.